The Morgan fingerprint density at radius 1 is 0.658 bits per heavy atom. The molecule has 10 atom stereocenters. The van der Waals surface area contributed by atoms with Crippen molar-refractivity contribution in [3.63, 3.8) is 0 Å². The molecule has 2 aromatic carbocycles. The van der Waals surface area contributed by atoms with Crippen molar-refractivity contribution in [1.29, 1.82) is 0 Å². The van der Waals surface area contributed by atoms with Crippen LogP contribution in [0.25, 0.3) is 0 Å². The van der Waals surface area contributed by atoms with Gasteiger partial charge in [0.25, 0.3) is 0 Å². The van der Waals surface area contributed by atoms with Crippen molar-refractivity contribution in [3.8, 4) is 0 Å². The van der Waals surface area contributed by atoms with E-state index in [9.17, 15) is 35.7 Å². The van der Waals surface area contributed by atoms with Crippen molar-refractivity contribution in [2.75, 3.05) is 13.2 Å². The molecule has 2 aliphatic heterocycles. The zero-order valence-electron chi connectivity index (χ0n) is 20.5. The lowest BCUT2D eigenvalue weighted by Gasteiger charge is -2.45. The fourth-order valence-electron chi connectivity index (χ4n) is 4.21. The topological polar surface area (TPSA) is 210 Å². The molecule has 12 nitrogen and oxygen atoms in total. The maximum Gasteiger partial charge on any atom is 0.199 e. The summed E-state index contributed by atoms with van der Waals surface area (Å²) in [4.78, 5) is 0. The van der Waals surface area contributed by atoms with Crippen molar-refractivity contribution in [2.24, 2.45) is 0 Å². The van der Waals surface area contributed by atoms with Gasteiger partial charge in [0, 0.05) is 6.42 Å². The lowest BCUT2D eigenvalue weighted by Crippen LogP contribution is -2.65. The average molecular weight is 541 g/mol. The lowest BCUT2D eigenvalue weighted by molar-refractivity contribution is -0.348. The summed E-state index contributed by atoms with van der Waals surface area (Å²) >= 11 is 0. The summed E-state index contributed by atoms with van der Waals surface area (Å²) in [5.41, 5.74) is 1.59. The smallest absolute Gasteiger partial charge is 0.199 e. The second-order valence-electron chi connectivity index (χ2n) is 9.27. The fourth-order valence-corrected chi connectivity index (χ4v) is 4.21. The Balaban J connectivity index is 0.000000211. The van der Waals surface area contributed by atoms with Gasteiger partial charge >= 0.3 is 0 Å². The first-order chi connectivity index (χ1) is 18.1. The van der Waals surface area contributed by atoms with Gasteiger partial charge in [0.2, 0.25) is 0 Å². The van der Waals surface area contributed by atoms with Crippen LogP contribution in [0.3, 0.4) is 0 Å². The highest BCUT2D eigenvalue weighted by Gasteiger charge is 2.52. The molecule has 2 fully saturated rings. The fraction of sp³-hybridized carbons (Fsp3) is 0.538. The number of aliphatic hydroxyl groups is 9. The Morgan fingerprint density at radius 2 is 1.18 bits per heavy atom. The van der Waals surface area contributed by atoms with E-state index < -0.39 is 74.1 Å². The van der Waals surface area contributed by atoms with Crippen molar-refractivity contribution in [3.05, 3.63) is 71.8 Å². The first-order valence-corrected chi connectivity index (χ1v) is 12.2. The summed E-state index contributed by atoms with van der Waals surface area (Å²) in [6.45, 7) is -0.832. The molecule has 2 heterocycles. The quantitative estimate of drug-likeness (QED) is 0.177. The van der Waals surface area contributed by atoms with Crippen molar-refractivity contribution < 1.29 is 60.2 Å². The molecule has 2 saturated heterocycles. The van der Waals surface area contributed by atoms with Crippen LogP contribution in [-0.4, -0.2) is 120 Å². The van der Waals surface area contributed by atoms with Crippen LogP contribution >= 0.6 is 0 Å². The Hall–Kier alpha value is -2.04. The zero-order chi connectivity index (χ0) is 27.9. The van der Waals surface area contributed by atoms with E-state index in [1.165, 1.54) is 0 Å². The third-order valence-corrected chi connectivity index (χ3v) is 6.46. The van der Waals surface area contributed by atoms with Crippen LogP contribution in [0.4, 0.5) is 0 Å². The Morgan fingerprint density at radius 3 is 1.74 bits per heavy atom. The molecule has 0 radical (unpaired) electrons. The van der Waals surface area contributed by atoms with Crippen molar-refractivity contribution in [2.45, 2.75) is 73.9 Å². The van der Waals surface area contributed by atoms with Crippen LogP contribution in [-0.2, 0) is 27.2 Å². The van der Waals surface area contributed by atoms with Gasteiger partial charge in [-0.2, -0.15) is 0 Å². The van der Waals surface area contributed by atoms with E-state index in [0.717, 1.165) is 5.56 Å². The van der Waals surface area contributed by atoms with Gasteiger partial charge in [0.05, 0.1) is 19.8 Å². The first-order valence-electron chi connectivity index (χ1n) is 12.2. The van der Waals surface area contributed by atoms with E-state index in [-0.39, 0.29) is 13.0 Å². The summed E-state index contributed by atoms with van der Waals surface area (Å²) in [5.74, 6) is -2.05. The molecule has 0 aliphatic carbocycles. The molecule has 0 unspecified atom stereocenters. The summed E-state index contributed by atoms with van der Waals surface area (Å²) in [5, 5.41) is 86.6. The van der Waals surface area contributed by atoms with E-state index >= 15 is 0 Å². The highest BCUT2D eigenvalue weighted by Crippen LogP contribution is 2.31. The van der Waals surface area contributed by atoms with Gasteiger partial charge in [-0.15, -0.1) is 0 Å². The molecule has 2 aromatic rings. The highest BCUT2D eigenvalue weighted by atomic mass is 16.7. The first kappa shape index (κ1) is 30.5. The maximum absolute atomic E-state index is 10.3. The van der Waals surface area contributed by atoms with Crippen LogP contribution < -0.4 is 0 Å². The van der Waals surface area contributed by atoms with Crippen LogP contribution in [0.2, 0.25) is 0 Å². The maximum atomic E-state index is 10.3. The largest absolute Gasteiger partial charge is 0.394 e. The van der Waals surface area contributed by atoms with Gasteiger partial charge in [-0.1, -0.05) is 60.7 Å². The molecule has 12 heteroatoms. The number of hydrogen-bond acceptors (Lipinski definition) is 12. The van der Waals surface area contributed by atoms with Gasteiger partial charge in [-0.25, -0.2) is 0 Å². The second-order valence-corrected chi connectivity index (χ2v) is 9.27. The minimum Gasteiger partial charge on any atom is -0.394 e. The second kappa shape index (κ2) is 13.8. The van der Waals surface area contributed by atoms with Crippen molar-refractivity contribution in [1.82, 2.24) is 0 Å². The van der Waals surface area contributed by atoms with Crippen LogP contribution in [0, 0.1) is 0 Å². The molecule has 0 amide bonds. The van der Waals surface area contributed by atoms with E-state index in [1.54, 1.807) is 30.3 Å². The highest BCUT2D eigenvalue weighted by molar-refractivity contribution is 5.18. The van der Waals surface area contributed by atoms with Crippen molar-refractivity contribution >= 4 is 0 Å². The molecular formula is C26H36O12. The Kier molecular flexibility index (Phi) is 11.1. The average Bonchev–Trinajstić information content (AvgIpc) is 2.94. The SMILES string of the molecule is OC[C@H]1O[C@@H](OCc2ccccc2)[C@H](O)[C@@H](O)[C@@H]1O.OC[C@H]1O[C@](O)(Cc2ccccc2)[C@H](O)[C@@H](O)[C@@H]1O. The van der Waals surface area contributed by atoms with Crippen LogP contribution in [0.5, 0.6) is 0 Å². The summed E-state index contributed by atoms with van der Waals surface area (Å²) in [6.07, 6.45) is -12.1. The number of ether oxygens (including phenoxy) is 3. The lowest BCUT2D eigenvalue weighted by atomic mass is 9.89. The standard InChI is InChI=1S/2C13H18O6/c14-6-9-10(15)11(16)12(17)13(19-9)18-7-8-4-2-1-3-5-8;14-7-9-10(15)11(16)12(17)13(18,19-9)6-8-4-2-1-3-5-8/h1-5,9-17H,6-7H2;1-5,9-12,14-18H,6-7H2/t2*9-,10-,11+,12-,13-/m11/s1. The molecular weight excluding hydrogens is 504 g/mol. The van der Waals surface area contributed by atoms with Gasteiger partial charge in [-0.05, 0) is 11.1 Å². The molecule has 2 aliphatic rings. The molecule has 38 heavy (non-hydrogen) atoms. The molecule has 0 saturated carbocycles. The minimum atomic E-state index is -2.05. The van der Waals surface area contributed by atoms with E-state index in [0.29, 0.717) is 5.56 Å². The zero-order valence-corrected chi connectivity index (χ0v) is 20.5. The van der Waals surface area contributed by atoms with Gasteiger partial charge in [0.15, 0.2) is 12.1 Å². The minimum absolute atomic E-state index is 0.0602. The van der Waals surface area contributed by atoms with E-state index in [4.69, 9.17) is 24.4 Å². The predicted octanol–water partition coefficient (Wildman–Crippen LogP) is -2.61. The molecule has 212 valence electrons. The third kappa shape index (κ3) is 7.33. The predicted molar refractivity (Wildman–Crippen MR) is 130 cm³/mol. The Bertz CT molecular complexity index is 946. The van der Waals surface area contributed by atoms with E-state index in [1.807, 2.05) is 30.3 Å². The molecule has 0 aromatic heterocycles. The summed E-state index contributed by atoms with van der Waals surface area (Å²) < 4.78 is 15.8. The van der Waals surface area contributed by atoms with Gasteiger partial charge in [-0.3, -0.25) is 0 Å². The molecule has 0 spiro atoms. The number of aliphatic hydroxyl groups excluding tert-OH is 8. The van der Waals surface area contributed by atoms with Gasteiger partial charge < -0.3 is 60.2 Å². The summed E-state index contributed by atoms with van der Waals surface area (Å²) in [7, 11) is 0. The molecule has 4 rings (SSSR count). The number of rotatable bonds is 7. The molecule has 9 N–H and O–H groups in total. The Labute approximate surface area is 219 Å². The normalized spacial score (nSPS) is 37.2. The molecule has 0 bridgehead atoms. The number of hydrogen-bond donors (Lipinski definition) is 9. The third-order valence-electron chi connectivity index (χ3n) is 6.46. The summed E-state index contributed by atoms with van der Waals surface area (Å²) in [6, 6.07) is 18.1. The van der Waals surface area contributed by atoms with Gasteiger partial charge in [0.1, 0.15) is 48.8 Å². The number of benzene rings is 2. The van der Waals surface area contributed by atoms with E-state index in [2.05, 4.69) is 0 Å². The van der Waals surface area contributed by atoms with Crippen LogP contribution in [0.1, 0.15) is 11.1 Å². The van der Waals surface area contributed by atoms with Crippen LogP contribution in [0.15, 0.2) is 60.7 Å². The monoisotopic (exact) mass is 540 g/mol.